The molecule has 29 heavy (non-hydrogen) atoms. The van der Waals surface area contributed by atoms with E-state index < -0.39 is 5.97 Å². The van der Waals surface area contributed by atoms with Crippen LogP contribution in [0.1, 0.15) is 32.9 Å². The molecule has 0 amide bonds. The van der Waals surface area contributed by atoms with Gasteiger partial charge in [-0.05, 0) is 44.2 Å². The fourth-order valence-electron chi connectivity index (χ4n) is 2.83. The first-order valence-electron chi connectivity index (χ1n) is 9.05. The van der Waals surface area contributed by atoms with Gasteiger partial charge in [-0.25, -0.2) is 4.79 Å². The highest BCUT2D eigenvalue weighted by molar-refractivity contribution is 7.98. The van der Waals surface area contributed by atoms with E-state index in [9.17, 15) is 4.79 Å². The number of nitrogens with zero attached hydrogens (tertiary/aromatic N) is 1. The van der Waals surface area contributed by atoms with Crippen LogP contribution >= 0.6 is 11.8 Å². The van der Waals surface area contributed by atoms with Crippen LogP contribution in [0.4, 0.5) is 0 Å². The van der Waals surface area contributed by atoms with Gasteiger partial charge in [0, 0.05) is 21.8 Å². The monoisotopic (exact) mass is 413 g/mol. The number of carbonyl (C=O) groups is 1. The van der Waals surface area contributed by atoms with E-state index in [4.69, 9.17) is 18.7 Å². The second kappa shape index (κ2) is 9.52. The zero-order chi connectivity index (χ0) is 20.8. The molecule has 3 aromatic rings. The van der Waals surface area contributed by atoms with Crippen LogP contribution in [0.25, 0.3) is 0 Å². The first-order valence-corrected chi connectivity index (χ1v) is 10.0. The first-order chi connectivity index (χ1) is 14.0. The van der Waals surface area contributed by atoms with E-state index in [0.29, 0.717) is 22.8 Å². The molecule has 0 bridgehead atoms. The number of thioether (sulfide) groups is 1. The number of aryl methyl sites for hydroxylation is 2. The van der Waals surface area contributed by atoms with Crippen LogP contribution in [-0.2, 0) is 17.1 Å². The van der Waals surface area contributed by atoms with Gasteiger partial charge in [0.25, 0.3) is 0 Å². The molecule has 0 fully saturated rings. The SMILES string of the molecule is COc1ccc(OC)c(COC(=O)c2ccccc2SCc2c(C)noc2C)c1. The maximum Gasteiger partial charge on any atom is 0.339 e. The molecule has 0 atom stereocenters. The van der Waals surface area contributed by atoms with E-state index in [-0.39, 0.29) is 6.61 Å². The van der Waals surface area contributed by atoms with Crippen LogP contribution in [0.15, 0.2) is 51.9 Å². The summed E-state index contributed by atoms with van der Waals surface area (Å²) in [5, 5.41) is 3.98. The molecule has 1 heterocycles. The molecule has 152 valence electrons. The Hall–Kier alpha value is -2.93. The summed E-state index contributed by atoms with van der Waals surface area (Å²) in [5.74, 6) is 2.37. The Balaban J connectivity index is 1.72. The van der Waals surface area contributed by atoms with Gasteiger partial charge in [0.05, 0.1) is 25.5 Å². The zero-order valence-electron chi connectivity index (χ0n) is 16.9. The van der Waals surface area contributed by atoms with Gasteiger partial charge >= 0.3 is 5.97 Å². The van der Waals surface area contributed by atoms with Crippen molar-refractivity contribution in [1.29, 1.82) is 0 Å². The maximum absolute atomic E-state index is 12.7. The molecule has 0 aliphatic carbocycles. The van der Waals surface area contributed by atoms with Gasteiger partial charge in [-0.2, -0.15) is 0 Å². The second-order valence-electron chi connectivity index (χ2n) is 6.34. The number of ether oxygens (including phenoxy) is 3. The van der Waals surface area contributed by atoms with Crippen LogP contribution in [0, 0.1) is 13.8 Å². The molecule has 0 saturated carbocycles. The molecule has 0 aliphatic rings. The van der Waals surface area contributed by atoms with Crippen LogP contribution in [-0.4, -0.2) is 25.3 Å². The smallest absolute Gasteiger partial charge is 0.339 e. The number of hydrogen-bond acceptors (Lipinski definition) is 7. The van der Waals surface area contributed by atoms with Crippen molar-refractivity contribution in [2.24, 2.45) is 0 Å². The zero-order valence-corrected chi connectivity index (χ0v) is 17.7. The van der Waals surface area contributed by atoms with Crippen molar-refractivity contribution >= 4 is 17.7 Å². The Bertz CT molecular complexity index is 979. The number of methoxy groups -OCH3 is 2. The standard InChI is InChI=1S/C22H23NO5S/c1-14-19(15(2)28-23-14)13-29-21-8-6-5-7-18(21)22(24)27-12-16-11-17(25-3)9-10-20(16)26-4/h5-11H,12-13H2,1-4H3. The number of aromatic nitrogens is 1. The topological polar surface area (TPSA) is 70.8 Å². The molecule has 6 nitrogen and oxygen atoms in total. The molecule has 0 unspecified atom stereocenters. The van der Waals surface area contributed by atoms with Gasteiger partial charge in [-0.15, -0.1) is 11.8 Å². The van der Waals surface area contributed by atoms with Crippen LogP contribution < -0.4 is 9.47 Å². The Morgan fingerprint density at radius 3 is 2.59 bits per heavy atom. The van der Waals surface area contributed by atoms with Crippen molar-refractivity contribution < 1.29 is 23.5 Å². The molecule has 0 saturated heterocycles. The summed E-state index contributed by atoms with van der Waals surface area (Å²) < 4.78 is 21.4. The summed E-state index contributed by atoms with van der Waals surface area (Å²) in [6.07, 6.45) is 0. The molecule has 2 aromatic carbocycles. The van der Waals surface area contributed by atoms with Gasteiger partial charge in [-0.1, -0.05) is 17.3 Å². The number of carbonyl (C=O) groups excluding carboxylic acids is 1. The minimum atomic E-state index is -0.392. The van der Waals surface area contributed by atoms with Crippen molar-refractivity contribution in [3.8, 4) is 11.5 Å². The lowest BCUT2D eigenvalue weighted by Crippen LogP contribution is -2.07. The highest BCUT2D eigenvalue weighted by Crippen LogP contribution is 2.30. The summed E-state index contributed by atoms with van der Waals surface area (Å²) in [5.41, 5.74) is 3.16. The molecule has 7 heteroatoms. The van der Waals surface area contributed by atoms with Crippen LogP contribution in [0.5, 0.6) is 11.5 Å². The fraction of sp³-hybridized carbons (Fsp3) is 0.273. The van der Waals surface area contributed by atoms with Crippen molar-refractivity contribution in [2.75, 3.05) is 14.2 Å². The van der Waals surface area contributed by atoms with Gasteiger partial charge < -0.3 is 18.7 Å². The normalized spacial score (nSPS) is 10.6. The lowest BCUT2D eigenvalue weighted by molar-refractivity contribution is 0.0465. The summed E-state index contributed by atoms with van der Waals surface area (Å²) in [7, 11) is 3.16. The minimum Gasteiger partial charge on any atom is -0.497 e. The molecule has 0 aliphatic heterocycles. The second-order valence-corrected chi connectivity index (χ2v) is 7.36. The highest BCUT2D eigenvalue weighted by atomic mass is 32.2. The summed E-state index contributed by atoms with van der Waals surface area (Å²) >= 11 is 1.55. The van der Waals surface area contributed by atoms with E-state index >= 15 is 0 Å². The molecular weight excluding hydrogens is 390 g/mol. The number of rotatable bonds is 8. The highest BCUT2D eigenvalue weighted by Gasteiger charge is 2.16. The van der Waals surface area contributed by atoms with Crippen molar-refractivity contribution in [2.45, 2.75) is 31.1 Å². The van der Waals surface area contributed by atoms with Gasteiger partial charge in [0.1, 0.15) is 23.9 Å². The number of benzene rings is 2. The quantitative estimate of drug-likeness (QED) is 0.382. The van der Waals surface area contributed by atoms with E-state index in [1.165, 1.54) is 0 Å². The Kier molecular flexibility index (Phi) is 6.82. The molecule has 0 radical (unpaired) electrons. The third-order valence-electron chi connectivity index (χ3n) is 4.51. The van der Waals surface area contributed by atoms with Gasteiger partial charge in [0.15, 0.2) is 0 Å². The molecule has 3 rings (SSSR count). The third-order valence-corrected chi connectivity index (χ3v) is 5.61. The molecule has 1 aromatic heterocycles. The number of esters is 1. The average Bonchev–Trinajstić information content (AvgIpc) is 3.07. The Morgan fingerprint density at radius 1 is 1.10 bits per heavy atom. The summed E-state index contributed by atoms with van der Waals surface area (Å²) in [6, 6.07) is 12.8. The van der Waals surface area contributed by atoms with Gasteiger partial charge in [-0.3, -0.25) is 0 Å². The largest absolute Gasteiger partial charge is 0.497 e. The Morgan fingerprint density at radius 2 is 1.90 bits per heavy atom. The predicted molar refractivity (Wildman–Crippen MR) is 111 cm³/mol. The lowest BCUT2D eigenvalue weighted by atomic mass is 10.2. The fourth-order valence-corrected chi connectivity index (χ4v) is 4.03. The van der Waals surface area contributed by atoms with E-state index in [1.54, 1.807) is 50.2 Å². The van der Waals surface area contributed by atoms with E-state index in [1.807, 2.05) is 32.0 Å². The Labute approximate surface area is 174 Å². The summed E-state index contributed by atoms with van der Waals surface area (Å²) in [6.45, 7) is 3.88. The number of hydrogen-bond donors (Lipinski definition) is 0. The van der Waals surface area contributed by atoms with Gasteiger partial charge in [0.2, 0.25) is 0 Å². The molecule has 0 N–H and O–H groups in total. The molecular formula is C22H23NO5S. The van der Waals surface area contributed by atoms with Crippen LogP contribution in [0.3, 0.4) is 0 Å². The predicted octanol–water partition coefficient (Wildman–Crippen LogP) is 4.96. The first kappa shape index (κ1) is 20.8. The third kappa shape index (κ3) is 4.92. The minimum absolute atomic E-state index is 0.0854. The van der Waals surface area contributed by atoms with Crippen LogP contribution in [0.2, 0.25) is 0 Å². The summed E-state index contributed by atoms with van der Waals surface area (Å²) in [4.78, 5) is 13.6. The van der Waals surface area contributed by atoms with E-state index in [0.717, 1.165) is 27.5 Å². The lowest BCUT2D eigenvalue weighted by Gasteiger charge is -2.12. The maximum atomic E-state index is 12.7. The van der Waals surface area contributed by atoms with E-state index in [2.05, 4.69) is 5.16 Å². The molecule has 0 spiro atoms. The van der Waals surface area contributed by atoms with Crippen molar-refractivity contribution in [3.05, 3.63) is 70.6 Å². The van der Waals surface area contributed by atoms with Crippen molar-refractivity contribution in [3.63, 3.8) is 0 Å². The van der Waals surface area contributed by atoms with Crippen molar-refractivity contribution in [1.82, 2.24) is 5.16 Å². The average molecular weight is 413 g/mol.